The Morgan fingerprint density at radius 2 is 1.72 bits per heavy atom. The normalized spacial score (nSPS) is 10.4. The zero-order valence-electron chi connectivity index (χ0n) is 13.4. The summed E-state index contributed by atoms with van der Waals surface area (Å²) in [6, 6.07) is 11.7. The molecule has 0 fully saturated rings. The quantitative estimate of drug-likeness (QED) is 0.263. The van der Waals surface area contributed by atoms with E-state index in [4.69, 9.17) is 9.47 Å². The number of hydrogen-bond donors (Lipinski definition) is 0. The molecule has 2 rings (SSSR count). The van der Waals surface area contributed by atoms with Crippen LogP contribution in [0.4, 0.5) is 5.69 Å². The Kier molecular flexibility index (Phi) is 6.00. The first-order valence-electron chi connectivity index (χ1n) is 7.41. The number of carbonyl (C=O) groups is 2. The van der Waals surface area contributed by atoms with Crippen molar-refractivity contribution in [2.24, 2.45) is 0 Å². The Labute approximate surface area is 143 Å². The molecule has 0 radical (unpaired) electrons. The molecule has 0 aliphatic rings. The number of carbonyl (C=O) groups excluding carboxylic acids is 2. The van der Waals surface area contributed by atoms with Crippen LogP contribution in [0.2, 0.25) is 0 Å². The van der Waals surface area contributed by atoms with Crippen LogP contribution in [0, 0.1) is 10.1 Å². The third-order valence-electron chi connectivity index (χ3n) is 3.10. The standard InChI is InChI=1S/C18H15NO6/c1-2-24-18(21)14-6-10-16(11-7-14)25-17(20)12-5-13-3-8-15(9-4-13)19(22)23/h3-12H,2H2,1H3/b12-5+. The number of hydrogen-bond acceptors (Lipinski definition) is 6. The number of esters is 2. The lowest BCUT2D eigenvalue weighted by molar-refractivity contribution is -0.384. The van der Waals surface area contributed by atoms with E-state index >= 15 is 0 Å². The van der Waals surface area contributed by atoms with Gasteiger partial charge < -0.3 is 9.47 Å². The molecule has 25 heavy (non-hydrogen) atoms. The van der Waals surface area contributed by atoms with Gasteiger partial charge in [-0.3, -0.25) is 10.1 Å². The molecule has 128 valence electrons. The Bertz CT molecular complexity index is 793. The summed E-state index contributed by atoms with van der Waals surface area (Å²) in [5.74, 6) is -0.771. The van der Waals surface area contributed by atoms with Crippen molar-refractivity contribution < 1.29 is 24.0 Å². The van der Waals surface area contributed by atoms with Gasteiger partial charge in [0.25, 0.3) is 5.69 Å². The maximum absolute atomic E-state index is 11.8. The molecule has 0 saturated carbocycles. The first kappa shape index (κ1) is 17.9. The summed E-state index contributed by atoms with van der Waals surface area (Å²) in [7, 11) is 0. The van der Waals surface area contributed by atoms with Crippen molar-refractivity contribution in [1.29, 1.82) is 0 Å². The number of nitro benzene ring substituents is 1. The fourth-order valence-electron chi connectivity index (χ4n) is 1.90. The molecule has 2 aromatic carbocycles. The van der Waals surface area contributed by atoms with Gasteiger partial charge in [-0.1, -0.05) is 0 Å². The van der Waals surface area contributed by atoms with Crippen molar-refractivity contribution in [3.63, 3.8) is 0 Å². The van der Waals surface area contributed by atoms with Crippen LogP contribution in [0.3, 0.4) is 0 Å². The van der Waals surface area contributed by atoms with E-state index in [9.17, 15) is 19.7 Å². The van der Waals surface area contributed by atoms with Gasteiger partial charge in [-0.15, -0.1) is 0 Å². The number of nitrogens with zero attached hydrogens (tertiary/aromatic N) is 1. The minimum Gasteiger partial charge on any atom is -0.462 e. The molecule has 0 aliphatic carbocycles. The van der Waals surface area contributed by atoms with Crippen molar-refractivity contribution in [3.8, 4) is 5.75 Å². The van der Waals surface area contributed by atoms with Crippen LogP contribution in [0.5, 0.6) is 5.75 Å². The molecule has 0 aliphatic heterocycles. The highest BCUT2D eigenvalue weighted by Gasteiger charge is 2.07. The second-order valence-electron chi connectivity index (χ2n) is 4.85. The molecule has 0 amide bonds. The number of nitro groups is 1. The fraction of sp³-hybridized carbons (Fsp3) is 0.111. The second kappa shape index (κ2) is 8.39. The molecule has 0 saturated heterocycles. The summed E-state index contributed by atoms with van der Waals surface area (Å²) >= 11 is 0. The highest BCUT2D eigenvalue weighted by Crippen LogP contribution is 2.15. The van der Waals surface area contributed by atoms with Crippen LogP contribution in [-0.4, -0.2) is 23.5 Å². The van der Waals surface area contributed by atoms with E-state index in [-0.39, 0.29) is 18.0 Å². The Morgan fingerprint density at radius 1 is 1.08 bits per heavy atom. The van der Waals surface area contributed by atoms with Gasteiger partial charge in [-0.05, 0) is 55.0 Å². The van der Waals surface area contributed by atoms with Crippen molar-refractivity contribution >= 4 is 23.7 Å². The van der Waals surface area contributed by atoms with Gasteiger partial charge in [0.1, 0.15) is 5.75 Å². The van der Waals surface area contributed by atoms with E-state index in [0.717, 1.165) is 0 Å². The number of rotatable bonds is 6. The maximum Gasteiger partial charge on any atom is 0.338 e. The van der Waals surface area contributed by atoms with Crippen LogP contribution in [0.1, 0.15) is 22.8 Å². The van der Waals surface area contributed by atoms with Gasteiger partial charge in [0, 0.05) is 18.2 Å². The lowest BCUT2D eigenvalue weighted by Crippen LogP contribution is -2.06. The van der Waals surface area contributed by atoms with Gasteiger partial charge in [0.2, 0.25) is 0 Å². The van der Waals surface area contributed by atoms with E-state index < -0.39 is 16.9 Å². The Balaban J connectivity index is 1.95. The van der Waals surface area contributed by atoms with Gasteiger partial charge in [-0.25, -0.2) is 9.59 Å². The molecule has 0 atom stereocenters. The molecular weight excluding hydrogens is 326 g/mol. The first-order valence-corrected chi connectivity index (χ1v) is 7.41. The van der Waals surface area contributed by atoms with Crippen molar-refractivity contribution in [2.45, 2.75) is 6.92 Å². The largest absolute Gasteiger partial charge is 0.462 e. The molecule has 0 bridgehead atoms. The van der Waals surface area contributed by atoms with Crippen LogP contribution >= 0.6 is 0 Å². The predicted molar refractivity (Wildman–Crippen MR) is 90.2 cm³/mol. The predicted octanol–water partition coefficient (Wildman–Crippen LogP) is 3.39. The Hall–Kier alpha value is -3.48. The molecule has 7 nitrogen and oxygen atoms in total. The van der Waals surface area contributed by atoms with Crippen molar-refractivity contribution in [3.05, 3.63) is 75.8 Å². The van der Waals surface area contributed by atoms with Gasteiger partial charge in [-0.2, -0.15) is 0 Å². The monoisotopic (exact) mass is 341 g/mol. The molecule has 0 spiro atoms. The van der Waals surface area contributed by atoms with E-state index in [1.165, 1.54) is 60.7 Å². The van der Waals surface area contributed by atoms with E-state index in [2.05, 4.69) is 0 Å². The highest BCUT2D eigenvalue weighted by molar-refractivity contribution is 5.90. The number of non-ortho nitro benzene ring substituents is 1. The van der Waals surface area contributed by atoms with Crippen molar-refractivity contribution in [2.75, 3.05) is 6.61 Å². The SMILES string of the molecule is CCOC(=O)c1ccc(OC(=O)/C=C/c2ccc([N+](=O)[O-])cc2)cc1. The molecule has 7 heteroatoms. The molecular formula is C18H15NO6. The van der Waals surface area contributed by atoms with Gasteiger partial charge in [0.05, 0.1) is 17.1 Å². The third kappa shape index (κ3) is 5.28. The molecule has 0 N–H and O–H groups in total. The van der Waals surface area contributed by atoms with Crippen LogP contribution in [-0.2, 0) is 9.53 Å². The molecule has 0 heterocycles. The minimum absolute atomic E-state index is 0.0265. The minimum atomic E-state index is -0.609. The van der Waals surface area contributed by atoms with Crippen LogP contribution < -0.4 is 4.74 Å². The summed E-state index contributed by atoms with van der Waals surface area (Å²) in [6.07, 6.45) is 2.69. The summed E-state index contributed by atoms with van der Waals surface area (Å²) in [5, 5.41) is 10.6. The van der Waals surface area contributed by atoms with E-state index in [1.807, 2.05) is 0 Å². The summed E-state index contributed by atoms with van der Waals surface area (Å²) in [6.45, 7) is 1.99. The van der Waals surface area contributed by atoms with Gasteiger partial charge in [0.15, 0.2) is 0 Å². The lowest BCUT2D eigenvalue weighted by Gasteiger charge is -2.04. The molecule has 0 unspecified atom stereocenters. The topological polar surface area (TPSA) is 95.7 Å². The number of benzene rings is 2. The smallest absolute Gasteiger partial charge is 0.338 e. The number of ether oxygens (including phenoxy) is 2. The van der Waals surface area contributed by atoms with E-state index in [0.29, 0.717) is 11.1 Å². The molecule has 0 aromatic heterocycles. The van der Waals surface area contributed by atoms with Gasteiger partial charge >= 0.3 is 11.9 Å². The highest BCUT2D eigenvalue weighted by atomic mass is 16.6. The van der Waals surface area contributed by atoms with E-state index in [1.54, 1.807) is 6.92 Å². The zero-order valence-corrected chi connectivity index (χ0v) is 13.4. The lowest BCUT2D eigenvalue weighted by atomic mass is 10.2. The third-order valence-corrected chi connectivity index (χ3v) is 3.10. The average molecular weight is 341 g/mol. The fourth-order valence-corrected chi connectivity index (χ4v) is 1.90. The van der Waals surface area contributed by atoms with Crippen molar-refractivity contribution in [1.82, 2.24) is 0 Å². The first-order chi connectivity index (χ1) is 12.0. The molecule has 2 aromatic rings. The Morgan fingerprint density at radius 3 is 2.28 bits per heavy atom. The summed E-state index contributed by atoms with van der Waals surface area (Å²) in [4.78, 5) is 33.4. The summed E-state index contributed by atoms with van der Waals surface area (Å²) < 4.78 is 9.97. The summed E-state index contributed by atoms with van der Waals surface area (Å²) in [5.41, 5.74) is 0.963. The average Bonchev–Trinajstić information content (AvgIpc) is 2.61. The zero-order chi connectivity index (χ0) is 18.2. The second-order valence-corrected chi connectivity index (χ2v) is 4.85. The maximum atomic E-state index is 11.8. The van der Waals surface area contributed by atoms with Crippen LogP contribution in [0.15, 0.2) is 54.6 Å². The van der Waals surface area contributed by atoms with Crippen LogP contribution in [0.25, 0.3) is 6.08 Å².